The van der Waals surface area contributed by atoms with Crippen LogP contribution in [0.1, 0.15) is 39.2 Å². The average Bonchev–Trinajstić information content (AvgIpc) is 2.57. The number of carbonyl (C=O) groups is 1. The summed E-state index contributed by atoms with van der Waals surface area (Å²) in [5.41, 5.74) is -0.882. The van der Waals surface area contributed by atoms with Gasteiger partial charge in [0.2, 0.25) is 0 Å². The maximum Gasteiger partial charge on any atom is 0.540 e. The highest BCUT2D eigenvalue weighted by molar-refractivity contribution is 5.89. The lowest BCUT2D eigenvalue weighted by atomic mass is 10.1. The number of amides is 2. The molecule has 6 nitrogen and oxygen atoms in total. The fraction of sp³-hybridized carbons (Fsp3) is 0.611. The minimum absolute atomic E-state index is 0.00341. The fourth-order valence-electron chi connectivity index (χ4n) is 2.90. The van der Waals surface area contributed by atoms with E-state index in [1.165, 1.54) is 6.07 Å². The Hall–Kier alpha value is -2.07. The van der Waals surface area contributed by atoms with Crippen LogP contribution in [0.5, 0.6) is 5.75 Å². The third-order valence-electron chi connectivity index (χ3n) is 4.41. The Morgan fingerprint density at radius 3 is 2.54 bits per heavy atom. The monoisotopic (exact) mass is 407 g/mol. The third kappa shape index (κ3) is 5.96. The number of urea groups is 1. The molecule has 0 saturated heterocycles. The molecule has 0 aliphatic carbocycles. The van der Waals surface area contributed by atoms with Crippen molar-refractivity contribution in [3.63, 3.8) is 0 Å². The topological polar surface area (TPSA) is 62.8 Å². The van der Waals surface area contributed by atoms with Gasteiger partial charge in [-0.2, -0.15) is 8.78 Å². The van der Waals surface area contributed by atoms with Gasteiger partial charge in [-0.05, 0) is 57.6 Å². The Bertz CT molecular complexity index is 684. The van der Waals surface area contributed by atoms with Crippen LogP contribution in [0.4, 0.5) is 28.0 Å². The fourth-order valence-corrected chi connectivity index (χ4v) is 2.90. The van der Waals surface area contributed by atoms with Crippen molar-refractivity contribution in [2.45, 2.75) is 52.1 Å². The lowest BCUT2D eigenvalue weighted by Crippen LogP contribution is -2.41. The van der Waals surface area contributed by atoms with Crippen molar-refractivity contribution in [1.82, 2.24) is 10.2 Å². The van der Waals surface area contributed by atoms with Gasteiger partial charge in [0.05, 0.1) is 5.56 Å². The zero-order valence-corrected chi connectivity index (χ0v) is 16.0. The van der Waals surface area contributed by atoms with Crippen molar-refractivity contribution < 1.29 is 31.8 Å². The van der Waals surface area contributed by atoms with Crippen LogP contribution in [0.15, 0.2) is 18.2 Å². The Kier molecular flexibility index (Phi) is 7.11. The molecule has 1 aromatic rings. The molecule has 28 heavy (non-hydrogen) atoms. The van der Waals surface area contributed by atoms with E-state index < -0.39 is 29.7 Å². The van der Waals surface area contributed by atoms with Gasteiger partial charge in [-0.25, -0.2) is 9.53 Å². The van der Waals surface area contributed by atoms with Gasteiger partial charge in [-0.1, -0.05) is 13.8 Å². The largest absolute Gasteiger partial charge is 0.540 e. The molecule has 1 aromatic carbocycles. The molecule has 2 rings (SSSR count). The van der Waals surface area contributed by atoms with E-state index in [2.05, 4.69) is 38.9 Å². The number of nitrogens with zero attached hydrogens (tertiary/aromatic N) is 1. The van der Waals surface area contributed by atoms with E-state index in [0.29, 0.717) is 0 Å². The first-order valence-electron chi connectivity index (χ1n) is 9.15. The smallest absolute Gasteiger partial charge is 0.409 e. The van der Waals surface area contributed by atoms with Gasteiger partial charge < -0.3 is 20.3 Å². The molecule has 158 valence electrons. The Labute approximate surface area is 161 Å². The second-order valence-electron chi connectivity index (χ2n) is 6.56. The molecule has 0 spiro atoms. The summed E-state index contributed by atoms with van der Waals surface area (Å²) in [5, 5.41) is 5.12. The van der Waals surface area contributed by atoms with Crippen molar-refractivity contribution in [3.8, 4) is 5.75 Å². The van der Waals surface area contributed by atoms with E-state index in [4.69, 9.17) is 0 Å². The summed E-state index contributed by atoms with van der Waals surface area (Å²) in [4.78, 5) is 14.3. The van der Waals surface area contributed by atoms with Gasteiger partial charge in [0.1, 0.15) is 5.75 Å². The molecule has 1 aliphatic heterocycles. The standard InChI is InChI=1S/C18H25F4N3O3/c1-4-25(5-2)10-6-7-12(3)23-16(26)24-13-8-9-15-14(11-13)17(19,20)28-18(21,22)27-15/h8-9,11-12H,4-7,10H2,1-3H3,(H2,23,24,26). The molecule has 1 heterocycles. The number of halogens is 4. The minimum Gasteiger partial charge on any atom is -0.409 e. The number of hydrogen-bond acceptors (Lipinski definition) is 4. The quantitative estimate of drug-likeness (QED) is 0.630. The Morgan fingerprint density at radius 2 is 1.89 bits per heavy atom. The summed E-state index contributed by atoms with van der Waals surface area (Å²) < 4.78 is 61.0. The molecule has 1 aliphatic rings. The van der Waals surface area contributed by atoms with Crippen LogP contribution < -0.4 is 15.4 Å². The van der Waals surface area contributed by atoms with Crippen molar-refractivity contribution in [1.29, 1.82) is 0 Å². The van der Waals surface area contributed by atoms with E-state index in [1.54, 1.807) is 0 Å². The van der Waals surface area contributed by atoms with Crippen LogP contribution in [0, 0.1) is 0 Å². The molecule has 2 N–H and O–H groups in total. The van der Waals surface area contributed by atoms with Gasteiger partial charge in [-0.15, -0.1) is 8.78 Å². The predicted molar refractivity (Wildman–Crippen MR) is 95.6 cm³/mol. The number of carbonyl (C=O) groups excluding carboxylic acids is 1. The number of benzene rings is 1. The number of fused-ring (bicyclic) bond motifs is 1. The second-order valence-corrected chi connectivity index (χ2v) is 6.56. The van der Waals surface area contributed by atoms with Crippen molar-refractivity contribution in [2.75, 3.05) is 25.0 Å². The highest BCUT2D eigenvalue weighted by atomic mass is 19.3. The number of anilines is 1. The molecule has 0 aromatic heterocycles. The first kappa shape index (κ1) is 22.2. The maximum atomic E-state index is 13.8. The van der Waals surface area contributed by atoms with Crippen molar-refractivity contribution in [2.24, 2.45) is 0 Å². The average molecular weight is 407 g/mol. The summed E-state index contributed by atoms with van der Waals surface area (Å²) >= 11 is 0. The lowest BCUT2D eigenvalue weighted by molar-refractivity contribution is -0.461. The van der Waals surface area contributed by atoms with E-state index in [0.717, 1.165) is 44.6 Å². The van der Waals surface area contributed by atoms with Gasteiger partial charge in [0.15, 0.2) is 0 Å². The molecule has 0 radical (unpaired) electrons. The summed E-state index contributed by atoms with van der Waals surface area (Å²) in [6, 6.07) is 2.26. The second kappa shape index (κ2) is 8.95. The molecule has 1 atom stereocenters. The summed E-state index contributed by atoms with van der Waals surface area (Å²) in [6.07, 6.45) is -7.02. The predicted octanol–water partition coefficient (Wildman–Crippen LogP) is 4.33. The Morgan fingerprint density at radius 1 is 1.21 bits per heavy atom. The van der Waals surface area contributed by atoms with Gasteiger partial charge in [-0.3, -0.25) is 0 Å². The molecular formula is C18H25F4N3O3. The molecule has 2 amide bonds. The molecular weight excluding hydrogens is 382 g/mol. The van der Waals surface area contributed by atoms with Crippen LogP contribution in [0.3, 0.4) is 0 Å². The molecule has 0 fully saturated rings. The number of hydrogen-bond donors (Lipinski definition) is 2. The third-order valence-corrected chi connectivity index (χ3v) is 4.41. The van der Waals surface area contributed by atoms with Gasteiger partial charge in [0, 0.05) is 11.7 Å². The van der Waals surface area contributed by atoms with E-state index in [1.807, 2.05) is 6.92 Å². The first-order chi connectivity index (χ1) is 13.1. The number of ether oxygens (including phenoxy) is 2. The van der Waals surface area contributed by atoms with E-state index in [-0.39, 0.29) is 11.7 Å². The summed E-state index contributed by atoms with van der Waals surface area (Å²) in [6.45, 7) is 8.84. The molecule has 10 heteroatoms. The number of rotatable bonds is 8. The first-order valence-corrected chi connectivity index (χ1v) is 9.15. The summed E-state index contributed by atoms with van der Waals surface area (Å²) in [5.74, 6) is -0.711. The molecule has 0 saturated carbocycles. The maximum absolute atomic E-state index is 13.8. The van der Waals surface area contributed by atoms with Crippen LogP contribution in [0.25, 0.3) is 0 Å². The van der Waals surface area contributed by atoms with E-state index >= 15 is 0 Å². The van der Waals surface area contributed by atoms with Crippen molar-refractivity contribution >= 4 is 11.7 Å². The zero-order chi connectivity index (χ0) is 20.9. The number of nitrogens with one attached hydrogen (secondary N) is 2. The lowest BCUT2D eigenvalue weighted by Gasteiger charge is -2.30. The minimum atomic E-state index is -4.43. The van der Waals surface area contributed by atoms with Crippen molar-refractivity contribution in [3.05, 3.63) is 23.8 Å². The van der Waals surface area contributed by atoms with Gasteiger partial charge in [0.25, 0.3) is 0 Å². The SMILES string of the molecule is CCN(CC)CCCC(C)NC(=O)Nc1ccc2c(c1)C(F)(F)OC(F)(F)O2. The highest BCUT2D eigenvalue weighted by Crippen LogP contribution is 2.46. The van der Waals surface area contributed by atoms with E-state index in [9.17, 15) is 22.4 Å². The van der Waals surface area contributed by atoms with Crippen LogP contribution in [-0.2, 0) is 10.8 Å². The van der Waals surface area contributed by atoms with Crippen LogP contribution >= 0.6 is 0 Å². The summed E-state index contributed by atoms with van der Waals surface area (Å²) in [7, 11) is 0. The van der Waals surface area contributed by atoms with Crippen LogP contribution in [0.2, 0.25) is 0 Å². The van der Waals surface area contributed by atoms with Crippen LogP contribution in [-0.4, -0.2) is 42.9 Å². The molecule has 0 bridgehead atoms. The Balaban J connectivity index is 1.91. The zero-order valence-electron chi connectivity index (χ0n) is 16.0. The normalized spacial score (nSPS) is 18.1. The molecule has 1 unspecified atom stereocenters. The highest BCUT2D eigenvalue weighted by Gasteiger charge is 2.54. The number of alkyl halides is 4. The van der Waals surface area contributed by atoms with Gasteiger partial charge >= 0.3 is 18.4 Å².